The molecule has 0 amide bonds. The summed E-state index contributed by atoms with van der Waals surface area (Å²) in [7, 11) is 0. The van der Waals surface area contributed by atoms with Crippen LogP contribution in [0.25, 0.3) is 0 Å². The topological polar surface area (TPSA) is 117 Å². The van der Waals surface area contributed by atoms with Gasteiger partial charge in [0.2, 0.25) is 12.2 Å². The summed E-state index contributed by atoms with van der Waals surface area (Å²) in [6, 6.07) is 4.57. The largest absolute Gasteiger partial charge is 0.443 e. The minimum Gasteiger partial charge on any atom is -0.443 e. The first-order valence-electron chi connectivity index (χ1n) is 9.98. The molecule has 2 heterocycles. The number of terminal acetylenes is 1. The second kappa shape index (κ2) is 9.34. The molecule has 1 fully saturated rings. The highest BCUT2D eigenvalue weighted by molar-refractivity contribution is 5.40. The van der Waals surface area contributed by atoms with Crippen molar-refractivity contribution in [2.45, 2.75) is 63.9 Å². The van der Waals surface area contributed by atoms with Crippen LogP contribution in [-0.2, 0) is 11.2 Å². The van der Waals surface area contributed by atoms with E-state index in [0.717, 1.165) is 5.69 Å². The Kier molecular flexibility index (Phi) is 6.99. The highest BCUT2D eigenvalue weighted by Crippen LogP contribution is 2.30. The molecule has 4 N–H and O–H groups in total. The maximum Gasteiger partial charge on any atom is 0.239 e. The molecule has 1 aromatic carbocycles. The van der Waals surface area contributed by atoms with Crippen LogP contribution in [0.1, 0.15) is 42.3 Å². The summed E-state index contributed by atoms with van der Waals surface area (Å²) in [5, 5.41) is 44.1. The molecule has 1 saturated heterocycles. The first-order chi connectivity index (χ1) is 14.7. The molecule has 8 nitrogen and oxygen atoms in total. The third-order valence-corrected chi connectivity index (χ3v) is 5.37. The molecule has 31 heavy (non-hydrogen) atoms. The van der Waals surface area contributed by atoms with Crippen molar-refractivity contribution in [1.82, 2.24) is 9.78 Å². The second-order valence-electron chi connectivity index (χ2n) is 7.86. The molecule has 0 bridgehead atoms. The predicted octanol–water partition coefficient (Wildman–Crippen LogP) is 0.662. The van der Waals surface area contributed by atoms with Gasteiger partial charge < -0.3 is 29.9 Å². The average Bonchev–Trinajstić information content (AvgIpc) is 3.04. The van der Waals surface area contributed by atoms with Gasteiger partial charge in [-0.25, -0.2) is 4.39 Å². The molecular formula is C22H27FN2O6. The summed E-state index contributed by atoms with van der Waals surface area (Å²) in [6.07, 6.45) is -1.56. The summed E-state index contributed by atoms with van der Waals surface area (Å²) in [4.78, 5) is 0. The summed E-state index contributed by atoms with van der Waals surface area (Å²) in [6.45, 7) is 5.14. The van der Waals surface area contributed by atoms with Gasteiger partial charge in [-0.1, -0.05) is 12.0 Å². The Labute approximate surface area is 179 Å². The van der Waals surface area contributed by atoms with Crippen molar-refractivity contribution in [3.8, 4) is 18.2 Å². The zero-order chi connectivity index (χ0) is 22.9. The number of hydrogen-bond acceptors (Lipinski definition) is 7. The lowest BCUT2D eigenvalue weighted by Crippen LogP contribution is -2.60. The van der Waals surface area contributed by atoms with Gasteiger partial charge >= 0.3 is 0 Å². The number of rotatable bonds is 6. The fourth-order valence-corrected chi connectivity index (χ4v) is 3.59. The van der Waals surface area contributed by atoms with Gasteiger partial charge in [0, 0.05) is 23.7 Å². The first-order valence-corrected chi connectivity index (χ1v) is 9.98. The Bertz CT molecular complexity index is 968. The molecule has 0 radical (unpaired) electrons. The van der Waals surface area contributed by atoms with Gasteiger partial charge in [-0.15, -0.1) is 11.5 Å². The van der Waals surface area contributed by atoms with Gasteiger partial charge in [-0.2, -0.15) is 0 Å². The van der Waals surface area contributed by atoms with E-state index in [1.54, 1.807) is 10.7 Å². The van der Waals surface area contributed by atoms with Crippen LogP contribution in [-0.4, -0.2) is 67.5 Å². The van der Waals surface area contributed by atoms with Crippen LogP contribution in [0, 0.1) is 25.1 Å². The Balaban J connectivity index is 1.94. The molecule has 5 atom stereocenters. The van der Waals surface area contributed by atoms with Crippen molar-refractivity contribution in [3.63, 3.8) is 0 Å². The molecule has 0 aliphatic carbocycles. The molecule has 1 aliphatic heterocycles. The summed E-state index contributed by atoms with van der Waals surface area (Å²) < 4.78 is 27.1. The van der Waals surface area contributed by atoms with E-state index >= 15 is 0 Å². The standard InChI is InChI=1S/C22H27FN2O6/c1-5-14-7-6-13(9-16(14)23)8-15-12(4)25(11(2)3)24-21(15)31-22-20(29)19(28)18(27)17(10-26)30-22/h1,6-7,9,11,17-20,22,26-29H,8,10H2,2-4H3/t17-,18-,19+,20-,22-/m1/s1. The smallest absolute Gasteiger partial charge is 0.239 e. The second-order valence-corrected chi connectivity index (χ2v) is 7.86. The van der Waals surface area contributed by atoms with Gasteiger partial charge in [0.15, 0.2) is 0 Å². The maximum atomic E-state index is 14.2. The Morgan fingerprint density at radius 1 is 1.26 bits per heavy atom. The Morgan fingerprint density at radius 2 is 1.97 bits per heavy atom. The molecule has 0 spiro atoms. The number of aliphatic hydroxyl groups excluding tert-OH is 4. The summed E-state index contributed by atoms with van der Waals surface area (Å²) in [5.41, 5.74) is 2.22. The molecule has 0 unspecified atom stereocenters. The van der Waals surface area contributed by atoms with Crippen LogP contribution >= 0.6 is 0 Å². The molecular weight excluding hydrogens is 407 g/mol. The van der Waals surface area contributed by atoms with Crippen molar-refractivity contribution in [3.05, 3.63) is 46.4 Å². The number of halogens is 1. The predicted molar refractivity (Wildman–Crippen MR) is 109 cm³/mol. The SMILES string of the molecule is C#Cc1ccc(Cc2c(O[C@H]3O[C@H](CO)[C@@H](O)[C@H](O)[C@H]3O)nn(C(C)C)c2C)cc1F. The zero-order valence-electron chi connectivity index (χ0n) is 17.6. The van der Waals surface area contributed by atoms with E-state index in [1.807, 2.05) is 20.8 Å². The summed E-state index contributed by atoms with van der Waals surface area (Å²) in [5.74, 6) is 1.91. The van der Waals surface area contributed by atoms with Gasteiger partial charge in [0.25, 0.3) is 0 Å². The van der Waals surface area contributed by atoms with Gasteiger partial charge in [-0.3, -0.25) is 4.68 Å². The third kappa shape index (κ3) is 4.59. The van der Waals surface area contributed by atoms with E-state index in [0.29, 0.717) is 11.1 Å². The van der Waals surface area contributed by atoms with E-state index in [1.165, 1.54) is 12.1 Å². The Morgan fingerprint density at radius 3 is 2.55 bits per heavy atom. The normalized spacial score (nSPS) is 26.1. The van der Waals surface area contributed by atoms with Crippen molar-refractivity contribution >= 4 is 0 Å². The first kappa shape index (κ1) is 23.2. The van der Waals surface area contributed by atoms with Crippen LogP contribution in [0.3, 0.4) is 0 Å². The Hall–Kier alpha value is -2.48. The lowest BCUT2D eigenvalue weighted by Gasteiger charge is -2.39. The molecule has 0 saturated carbocycles. The third-order valence-electron chi connectivity index (χ3n) is 5.37. The lowest BCUT2D eigenvalue weighted by atomic mass is 9.99. The van der Waals surface area contributed by atoms with Crippen molar-refractivity contribution in [2.75, 3.05) is 6.61 Å². The number of aliphatic hydroxyl groups is 4. The lowest BCUT2D eigenvalue weighted by molar-refractivity contribution is -0.278. The zero-order valence-corrected chi connectivity index (χ0v) is 17.6. The van der Waals surface area contributed by atoms with E-state index in [9.17, 15) is 24.8 Å². The van der Waals surface area contributed by atoms with Gasteiger partial charge in [0.05, 0.1) is 12.2 Å². The highest BCUT2D eigenvalue weighted by Gasteiger charge is 2.45. The van der Waals surface area contributed by atoms with Gasteiger partial charge in [0.1, 0.15) is 30.2 Å². The minimum atomic E-state index is -1.57. The highest BCUT2D eigenvalue weighted by atomic mass is 19.1. The summed E-state index contributed by atoms with van der Waals surface area (Å²) >= 11 is 0. The molecule has 2 aromatic rings. The molecule has 168 valence electrons. The van der Waals surface area contributed by atoms with Gasteiger partial charge in [-0.05, 0) is 38.5 Å². The van der Waals surface area contributed by atoms with Crippen molar-refractivity contribution in [2.24, 2.45) is 0 Å². The van der Waals surface area contributed by atoms with Crippen molar-refractivity contribution < 1.29 is 34.3 Å². The monoisotopic (exact) mass is 434 g/mol. The molecule has 9 heteroatoms. The van der Waals surface area contributed by atoms with Crippen LogP contribution in [0.15, 0.2) is 18.2 Å². The van der Waals surface area contributed by atoms with E-state index in [2.05, 4.69) is 11.0 Å². The number of ether oxygens (including phenoxy) is 2. The van der Waals surface area contributed by atoms with E-state index in [-0.39, 0.29) is 23.9 Å². The minimum absolute atomic E-state index is 0.00791. The van der Waals surface area contributed by atoms with Crippen molar-refractivity contribution in [1.29, 1.82) is 0 Å². The molecule has 1 aliphatic rings. The number of aromatic nitrogens is 2. The number of hydrogen-bond donors (Lipinski definition) is 4. The fourth-order valence-electron chi connectivity index (χ4n) is 3.59. The van der Waals surface area contributed by atoms with E-state index in [4.69, 9.17) is 15.9 Å². The van der Waals surface area contributed by atoms with Crippen LogP contribution < -0.4 is 4.74 Å². The average molecular weight is 434 g/mol. The van der Waals surface area contributed by atoms with Crippen LogP contribution in [0.4, 0.5) is 4.39 Å². The number of benzene rings is 1. The molecule has 1 aromatic heterocycles. The molecule has 3 rings (SSSR count). The quantitative estimate of drug-likeness (QED) is 0.494. The maximum absolute atomic E-state index is 14.2. The van der Waals surface area contributed by atoms with Crippen LogP contribution in [0.2, 0.25) is 0 Å². The fraction of sp³-hybridized carbons (Fsp3) is 0.500. The number of nitrogens with zero attached hydrogens (tertiary/aromatic N) is 2. The van der Waals surface area contributed by atoms with Crippen LogP contribution in [0.5, 0.6) is 5.88 Å². The van der Waals surface area contributed by atoms with E-state index < -0.39 is 43.1 Å².